The summed E-state index contributed by atoms with van der Waals surface area (Å²) in [5.41, 5.74) is 5.91. The van der Waals surface area contributed by atoms with Gasteiger partial charge in [-0.25, -0.2) is 0 Å². The third-order valence-electron chi connectivity index (χ3n) is 2.69. The molecule has 2 unspecified atom stereocenters. The zero-order chi connectivity index (χ0) is 13.4. The van der Waals surface area contributed by atoms with Gasteiger partial charge in [0.1, 0.15) is 17.6 Å². The zero-order valence-corrected chi connectivity index (χ0v) is 11.6. The first kappa shape index (κ1) is 15.2. The second kappa shape index (κ2) is 8.29. The lowest BCUT2D eigenvalue weighted by Gasteiger charge is -2.19. The van der Waals surface area contributed by atoms with E-state index in [2.05, 4.69) is 6.92 Å². The van der Waals surface area contributed by atoms with Crippen molar-refractivity contribution in [1.82, 2.24) is 0 Å². The average Bonchev–Trinajstić information content (AvgIpc) is 2.74. The third kappa shape index (κ3) is 5.21. The smallest absolute Gasteiger partial charge is 0.134 e. The Labute approximate surface area is 109 Å². The molecule has 1 heterocycles. The molecular weight excluding hydrogens is 230 g/mol. The fourth-order valence-electron chi connectivity index (χ4n) is 1.68. The second-order valence-corrected chi connectivity index (χ2v) is 4.56. The zero-order valence-electron chi connectivity index (χ0n) is 11.6. The van der Waals surface area contributed by atoms with Crippen LogP contribution in [-0.4, -0.2) is 25.9 Å². The number of unbranched alkanes of at least 4 members (excludes halogenated alkanes) is 1. The summed E-state index contributed by atoms with van der Waals surface area (Å²) in [7, 11) is 0. The van der Waals surface area contributed by atoms with Crippen LogP contribution in [0.4, 0.5) is 0 Å². The van der Waals surface area contributed by atoms with Gasteiger partial charge < -0.3 is 19.6 Å². The van der Waals surface area contributed by atoms with Gasteiger partial charge in [-0.1, -0.05) is 13.3 Å². The minimum atomic E-state index is -0.200. The molecule has 0 spiro atoms. The van der Waals surface area contributed by atoms with Gasteiger partial charge in [-0.05, 0) is 32.4 Å². The highest BCUT2D eigenvalue weighted by Crippen LogP contribution is 2.22. The number of rotatable bonds is 9. The number of ether oxygens (including phenoxy) is 2. The van der Waals surface area contributed by atoms with Crippen LogP contribution in [0.1, 0.15) is 44.3 Å². The highest BCUT2D eigenvalue weighted by Gasteiger charge is 2.20. The van der Waals surface area contributed by atoms with Gasteiger partial charge in [0.15, 0.2) is 0 Å². The van der Waals surface area contributed by atoms with Crippen molar-refractivity contribution in [1.29, 1.82) is 0 Å². The molecule has 1 aromatic rings. The number of hydrogen-bond acceptors (Lipinski definition) is 4. The minimum absolute atomic E-state index is 0.105. The van der Waals surface area contributed by atoms with E-state index in [9.17, 15) is 0 Å². The first-order valence-corrected chi connectivity index (χ1v) is 6.66. The van der Waals surface area contributed by atoms with E-state index in [-0.39, 0.29) is 12.1 Å². The highest BCUT2D eigenvalue weighted by atomic mass is 16.5. The molecule has 0 bridgehead atoms. The van der Waals surface area contributed by atoms with Crippen molar-refractivity contribution in [3.63, 3.8) is 0 Å². The van der Waals surface area contributed by atoms with Gasteiger partial charge in [0.2, 0.25) is 0 Å². The van der Waals surface area contributed by atoms with E-state index >= 15 is 0 Å². The molecule has 0 saturated heterocycles. The van der Waals surface area contributed by atoms with Crippen molar-refractivity contribution in [2.45, 2.75) is 45.8 Å². The Morgan fingerprint density at radius 3 is 2.61 bits per heavy atom. The summed E-state index contributed by atoms with van der Waals surface area (Å²) in [6.45, 7) is 7.91. The molecule has 0 radical (unpaired) electrons. The van der Waals surface area contributed by atoms with Crippen molar-refractivity contribution < 1.29 is 13.9 Å². The topological polar surface area (TPSA) is 57.6 Å². The summed E-state index contributed by atoms with van der Waals surface area (Å²) in [6.07, 6.45) is 2.04. The minimum Gasteiger partial charge on any atom is -0.464 e. The van der Waals surface area contributed by atoms with E-state index in [1.54, 1.807) is 0 Å². The van der Waals surface area contributed by atoms with Gasteiger partial charge in [0.25, 0.3) is 0 Å². The molecule has 4 nitrogen and oxygen atoms in total. The van der Waals surface area contributed by atoms with Crippen LogP contribution >= 0.6 is 0 Å². The van der Waals surface area contributed by atoms with Gasteiger partial charge in [0.05, 0.1) is 13.2 Å². The van der Waals surface area contributed by atoms with Gasteiger partial charge in [-0.2, -0.15) is 0 Å². The van der Waals surface area contributed by atoms with E-state index in [1.807, 2.05) is 26.0 Å². The maximum atomic E-state index is 5.91. The Balaban J connectivity index is 2.31. The van der Waals surface area contributed by atoms with Gasteiger partial charge in [0, 0.05) is 12.6 Å². The Bertz CT molecular complexity index is 323. The van der Waals surface area contributed by atoms with Crippen molar-refractivity contribution in [3.8, 4) is 0 Å². The summed E-state index contributed by atoms with van der Waals surface area (Å²) in [4.78, 5) is 0. The van der Waals surface area contributed by atoms with Crippen LogP contribution < -0.4 is 5.73 Å². The SMILES string of the molecule is CCCCOCCOC(c1ccc(C)o1)C(C)N. The molecule has 18 heavy (non-hydrogen) atoms. The quantitative estimate of drug-likeness (QED) is 0.689. The maximum absolute atomic E-state index is 5.91. The largest absolute Gasteiger partial charge is 0.464 e. The highest BCUT2D eigenvalue weighted by molar-refractivity contribution is 5.09. The standard InChI is InChI=1S/C14H25NO3/c1-4-5-8-16-9-10-17-14(12(3)15)13-7-6-11(2)18-13/h6-7,12,14H,4-5,8-10,15H2,1-3H3. The summed E-state index contributed by atoms with van der Waals surface area (Å²) in [5.74, 6) is 1.66. The molecule has 104 valence electrons. The Hall–Kier alpha value is -0.840. The summed E-state index contributed by atoms with van der Waals surface area (Å²) in [6, 6.07) is 3.74. The number of hydrogen-bond donors (Lipinski definition) is 1. The van der Waals surface area contributed by atoms with E-state index in [1.165, 1.54) is 0 Å². The molecule has 0 saturated carbocycles. The van der Waals surface area contributed by atoms with Crippen LogP contribution in [0.15, 0.2) is 16.5 Å². The van der Waals surface area contributed by atoms with E-state index in [4.69, 9.17) is 19.6 Å². The molecule has 2 N–H and O–H groups in total. The lowest BCUT2D eigenvalue weighted by Crippen LogP contribution is -2.27. The molecule has 0 aliphatic carbocycles. The van der Waals surface area contributed by atoms with E-state index in [0.717, 1.165) is 31.0 Å². The van der Waals surface area contributed by atoms with Crippen molar-refractivity contribution in [2.75, 3.05) is 19.8 Å². The fourth-order valence-corrected chi connectivity index (χ4v) is 1.68. The number of aryl methyl sites for hydroxylation is 1. The Morgan fingerprint density at radius 2 is 2.06 bits per heavy atom. The van der Waals surface area contributed by atoms with Crippen LogP contribution in [0.2, 0.25) is 0 Å². The molecular formula is C14H25NO3. The van der Waals surface area contributed by atoms with Crippen LogP contribution in [-0.2, 0) is 9.47 Å². The van der Waals surface area contributed by atoms with E-state index in [0.29, 0.717) is 13.2 Å². The summed E-state index contributed by atoms with van der Waals surface area (Å²) < 4.78 is 16.7. The fraction of sp³-hybridized carbons (Fsp3) is 0.714. The van der Waals surface area contributed by atoms with E-state index < -0.39 is 0 Å². The summed E-state index contributed by atoms with van der Waals surface area (Å²) in [5, 5.41) is 0. The predicted molar refractivity (Wildman–Crippen MR) is 71.5 cm³/mol. The molecule has 0 aliphatic rings. The average molecular weight is 255 g/mol. The van der Waals surface area contributed by atoms with Crippen molar-refractivity contribution in [2.24, 2.45) is 5.73 Å². The Morgan fingerprint density at radius 1 is 1.28 bits per heavy atom. The van der Waals surface area contributed by atoms with Crippen molar-refractivity contribution >= 4 is 0 Å². The second-order valence-electron chi connectivity index (χ2n) is 4.56. The molecule has 0 amide bonds. The first-order valence-electron chi connectivity index (χ1n) is 6.66. The van der Waals surface area contributed by atoms with Crippen LogP contribution in [0.3, 0.4) is 0 Å². The third-order valence-corrected chi connectivity index (χ3v) is 2.69. The lowest BCUT2D eigenvalue weighted by atomic mass is 10.1. The lowest BCUT2D eigenvalue weighted by molar-refractivity contribution is -0.0146. The van der Waals surface area contributed by atoms with Crippen LogP contribution in [0, 0.1) is 6.92 Å². The molecule has 0 aromatic carbocycles. The molecule has 0 aliphatic heterocycles. The normalized spacial score (nSPS) is 14.7. The first-order chi connectivity index (χ1) is 8.65. The molecule has 4 heteroatoms. The summed E-state index contributed by atoms with van der Waals surface area (Å²) >= 11 is 0. The monoisotopic (exact) mass is 255 g/mol. The van der Waals surface area contributed by atoms with Gasteiger partial charge in [-0.3, -0.25) is 0 Å². The molecule has 2 atom stereocenters. The maximum Gasteiger partial charge on any atom is 0.134 e. The Kier molecular flexibility index (Phi) is 7.01. The van der Waals surface area contributed by atoms with Crippen LogP contribution in [0.25, 0.3) is 0 Å². The molecule has 0 fully saturated rings. The number of nitrogens with two attached hydrogens (primary N) is 1. The number of furan rings is 1. The molecule has 1 aromatic heterocycles. The molecule has 1 rings (SSSR count). The van der Waals surface area contributed by atoms with Gasteiger partial charge >= 0.3 is 0 Å². The van der Waals surface area contributed by atoms with Crippen LogP contribution in [0.5, 0.6) is 0 Å². The predicted octanol–water partition coefficient (Wildman–Crippen LogP) is 2.81. The van der Waals surface area contributed by atoms with Gasteiger partial charge in [-0.15, -0.1) is 0 Å². The van der Waals surface area contributed by atoms with Crippen molar-refractivity contribution in [3.05, 3.63) is 23.7 Å².